The fraction of sp³-hybridized carbons (Fsp3) is 0.538. The number of alkyl halides is 3. The van der Waals surface area contributed by atoms with Gasteiger partial charge in [-0.15, -0.1) is 0 Å². The Balaban J connectivity index is 2.41. The molecule has 1 aromatic carbocycles. The van der Waals surface area contributed by atoms with Crippen molar-refractivity contribution < 1.29 is 31.1 Å². The summed E-state index contributed by atoms with van der Waals surface area (Å²) in [7, 11) is -4.37. The minimum Gasteiger partial charge on any atom is -0.396 e. The first-order valence-corrected chi connectivity index (χ1v) is 8.08. The number of benzene rings is 1. The topological polar surface area (TPSA) is 57.6 Å². The lowest BCUT2D eigenvalue weighted by molar-refractivity contribution is -0.137. The molecule has 0 aliphatic carbocycles. The molecule has 1 heterocycles. The molecule has 0 saturated carbocycles. The number of piperidine rings is 1. The van der Waals surface area contributed by atoms with Crippen LogP contribution < -0.4 is 0 Å². The van der Waals surface area contributed by atoms with E-state index >= 15 is 0 Å². The highest BCUT2D eigenvalue weighted by atomic mass is 32.2. The quantitative estimate of drug-likeness (QED) is 0.858. The maximum Gasteiger partial charge on any atom is 0.416 e. The van der Waals surface area contributed by atoms with E-state index in [0.717, 1.165) is 4.31 Å². The Morgan fingerprint density at radius 3 is 2.59 bits per heavy atom. The number of nitrogens with zero attached hydrogens (tertiary/aromatic N) is 1. The zero-order chi connectivity index (χ0) is 16.5. The Hall–Kier alpha value is -1.19. The second-order valence-corrected chi connectivity index (χ2v) is 7.10. The van der Waals surface area contributed by atoms with E-state index in [0.29, 0.717) is 31.0 Å². The zero-order valence-electron chi connectivity index (χ0n) is 11.5. The predicted octanol–water partition coefficient (Wildman–Crippen LogP) is 2.24. The van der Waals surface area contributed by atoms with Gasteiger partial charge in [-0.1, -0.05) is 0 Å². The summed E-state index contributed by atoms with van der Waals surface area (Å²) >= 11 is 0. The lowest BCUT2D eigenvalue weighted by Crippen LogP contribution is -2.41. The van der Waals surface area contributed by atoms with Crippen molar-refractivity contribution in [1.29, 1.82) is 0 Å². The summed E-state index contributed by atoms with van der Waals surface area (Å²) in [6.07, 6.45) is -3.67. The van der Waals surface area contributed by atoms with Crippen LogP contribution in [0.25, 0.3) is 0 Å². The molecule has 1 aliphatic rings. The van der Waals surface area contributed by atoms with Crippen LogP contribution in [0.15, 0.2) is 23.1 Å². The van der Waals surface area contributed by atoms with Crippen LogP contribution in [-0.4, -0.2) is 37.5 Å². The molecule has 1 aliphatic heterocycles. The standard InChI is InChI=1S/C13H15F4NO3S/c14-11-4-3-10(13(15,16)17)6-12(11)22(20,21)18-5-1-2-9(7-18)8-19/h3-4,6,9,19H,1-2,5,7-8H2. The van der Waals surface area contributed by atoms with E-state index in [4.69, 9.17) is 5.11 Å². The van der Waals surface area contributed by atoms with Crippen molar-refractivity contribution in [2.24, 2.45) is 5.92 Å². The zero-order valence-corrected chi connectivity index (χ0v) is 12.3. The molecule has 2 rings (SSSR count). The summed E-state index contributed by atoms with van der Waals surface area (Å²) in [4.78, 5) is -0.985. The van der Waals surface area contributed by atoms with E-state index in [1.807, 2.05) is 0 Å². The molecular formula is C13H15F4NO3S. The van der Waals surface area contributed by atoms with Gasteiger partial charge in [0, 0.05) is 19.7 Å². The fourth-order valence-electron chi connectivity index (χ4n) is 2.41. The van der Waals surface area contributed by atoms with Gasteiger partial charge in [-0.2, -0.15) is 17.5 Å². The van der Waals surface area contributed by atoms with Crippen LogP contribution in [0, 0.1) is 11.7 Å². The first-order chi connectivity index (χ1) is 10.2. The molecule has 22 heavy (non-hydrogen) atoms. The number of halogens is 4. The number of aliphatic hydroxyl groups is 1. The highest BCUT2D eigenvalue weighted by Crippen LogP contribution is 2.33. The molecule has 1 unspecified atom stereocenters. The maximum absolute atomic E-state index is 13.8. The molecule has 0 amide bonds. The molecule has 1 N–H and O–H groups in total. The number of sulfonamides is 1. The molecule has 1 atom stereocenters. The lowest BCUT2D eigenvalue weighted by Gasteiger charge is -2.31. The first-order valence-electron chi connectivity index (χ1n) is 6.64. The summed E-state index contributed by atoms with van der Waals surface area (Å²) in [5.41, 5.74) is -1.22. The van der Waals surface area contributed by atoms with Crippen molar-refractivity contribution >= 4 is 10.0 Å². The van der Waals surface area contributed by atoms with E-state index < -0.39 is 32.5 Å². The van der Waals surface area contributed by atoms with Crippen molar-refractivity contribution in [2.45, 2.75) is 23.9 Å². The van der Waals surface area contributed by atoms with Crippen LogP contribution in [0.2, 0.25) is 0 Å². The smallest absolute Gasteiger partial charge is 0.396 e. The predicted molar refractivity (Wildman–Crippen MR) is 70.0 cm³/mol. The van der Waals surface area contributed by atoms with Gasteiger partial charge in [-0.05, 0) is 37.0 Å². The molecule has 0 spiro atoms. The van der Waals surface area contributed by atoms with Crippen molar-refractivity contribution in [2.75, 3.05) is 19.7 Å². The van der Waals surface area contributed by atoms with Crippen LogP contribution >= 0.6 is 0 Å². The van der Waals surface area contributed by atoms with Crippen LogP contribution in [0.3, 0.4) is 0 Å². The van der Waals surface area contributed by atoms with Crippen LogP contribution in [0.1, 0.15) is 18.4 Å². The molecule has 1 saturated heterocycles. The van der Waals surface area contributed by atoms with Crippen molar-refractivity contribution in [1.82, 2.24) is 4.31 Å². The van der Waals surface area contributed by atoms with Gasteiger partial charge in [0.25, 0.3) is 0 Å². The minimum atomic E-state index is -4.76. The normalized spacial score (nSPS) is 21.0. The molecule has 1 fully saturated rings. The average Bonchev–Trinajstić information content (AvgIpc) is 2.46. The summed E-state index contributed by atoms with van der Waals surface area (Å²) in [5, 5.41) is 9.11. The Labute approximate surface area is 125 Å². The largest absolute Gasteiger partial charge is 0.416 e. The number of hydrogen-bond acceptors (Lipinski definition) is 3. The van der Waals surface area contributed by atoms with Crippen molar-refractivity contribution in [3.05, 3.63) is 29.6 Å². The third kappa shape index (κ3) is 3.41. The van der Waals surface area contributed by atoms with Crippen LogP contribution in [0.5, 0.6) is 0 Å². The van der Waals surface area contributed by atoms with E-state index in [1.165, 1.54) is 0 Å². The summed E-state index contributed by atoms with van der Waals surface area (Å²) < 4.78 is 77.5. The molecule has 0 radical (unpaired) electrons. The molecule has 4 nitrogen and oxygen atoms in total. The van der Waals surface area contributed by atoms with Gasteiger partial charge < -0.3 is 5.11 Å². The second kappa shape index (κ2) is 6.13. The molecular weight excluding hydrogens is 326 g/mol. The maximum atomic E-state index is 13.8. The van der Waals surface area contributed by atoms with E-state index in [9.17, 15) is 26.0 Å². The van der Waals surface area contributed by atoms with Crippen molar-refractivity contribution in [3.8, 4) is 0 Å². The van der Waals surface area contributed by atoms with Crippen LogP contribution in [-0.2, 0) is 16.2 Å². The van der Waals surface area contributed by atoms with E-state index in [-0.39, 0.29) is 25.6 Å². The fourth-order valence-corrected chi connectivity index (χ4v) is 4.06. The molecule has 0 bridgehead atoms. The van der Waals surface area contributed by atoms with Gasteiger partial charge in [0.2, 0.25) is 10.0 Å². The van der Waals surface area contributed by atoms with Crippen LogP contribution in [0.4, 0.5) is 17.6 Å². The highest BCUT2D eigenvalue weighted by molar-refractivity contribution is 7.89. The Kier molecular flexibility index (Phi) is 4.78. The monoisotopic (exact) mass is 341 g/mol. The Morgan fingerprint density at radius 1 is 1.32 bits per heavy atom. The van der Waals surface area contributed by atoms with E-state index in [1.54, 1.807) is 0 Å². The van der Waals surface area contributed by atoms with Gasteiger partial charge in [0.15, 0.2) is 0 Å². The molecule has 9 heteroatoms. The molecule has 0 aromatic heterocycles. The summed E-state index contributed by atoms with van der Waals surface area (Å²) in [6, 6.07) is 1.32. The second-order valence-electron chi connectivity index (χ2n) is 5.20. The van der Waals surface area contributed by atoms with Gasteiger partial charge >= 0.3 is 6.18 Å². The highest BCUT2D eigenvalue weighted by Gasteiger charge is 2.36. The van der Waals surface area contributed by atoms with Gasteiger partial charge in [0.1, 0.15) is 10.7 Å². The Bertz CT molecular complexity index is 645. The SMILES string of the molecule is O=S(=O)(c1cc(C(F)(F)F)ccc1F)N1CCCC(CO)C1. The Morgan fingerprint density at radius 2 is 2.00 bits per heavy atom. The van der Waals surface area contributed by atoms with Gasteiger partial charge in [-0.3, -0.25) is 0 Å². The molecule has 124 valence electrons. The third-order valence-corrected chi connectivity index (χ3v) is 5.50. The molecule has 1 aromatic rings. The third-order valence-electron chi connectivity index (χ3n) is 3.62. The lowest BCUT2D eigenvalue weighted by atomic mass is 10.0. The number of hydrogen-bond donors (Lipinski definition) is 1. The van der Waals surface area contributed by atoms with E-state index in [2.05, 4.69) is 0 Å². The van der Waals surface area contributed by atoms with Gasteiger partial charge in [0.05, 0.1) is 5.56 Å². The first kappa shape index (κ1) is 17.2. The van der Waals surface area contributed by atoms with Gasteiger partial charge in [-0.25, -0.2) is 12.8 Å². The number of rotatable bonds is 3. The summed E-state index contributed by atoms with van der Waals surface area (Å²) in [5.74, 6) is -1.52. The minimum absolute atomic E-state index is 0.0332. The summed E-state index contributed by atoms with van der Waals surface area (Å²) in [6.45, 7) is -0.167. The number of aliphatic hydroxyl groups excluding tert-OH is 1. The average molecular weight is 341 g/mol. The van der Waals surface area contributed by atoms with Crippen molar-refractivity contribution in [3.63, 3.8) is 0 Å².